The van der Waals surface area contributed by atoms with Gasteiger partial charge in [-0.05, 0) is 61.1 Å². The maximum Gasteiger partial charge on any atom is 0.324 e. The largest absolute Gasteiger partial charge is 0.493 e. The monoisotopic (exact) mass is 536 g/mol. The van der Waals surface area contributed by atoms with Crippen molar-refractivity contribution in [3.05, 3.63) is 53.9 Å². The van der Waals surface area contributed by atoms with Crippen molar-refractivity contribution < 1.29 is 18.4 Å². The third kappa shape index (κ3) is 5.79. The van der Waals surface area contributed by atoms with Gasteiger partial charge in [0.15, 0.2) is 5.82 Å². The van der Waals surface area contributed by atoms with E-state index in [0.717, 1.165) is 50.0 Å². The SMILES string of the molecule is CC(C)c1noc(N2CCC(C3CC3CCOc3ccc(CC(=O)N4CC(n5cccn5)C4)c(F)c3)CC2)n1. The summed E-state index contributed by atoms with van der Waals surface area (Å²) in [5.41, 5.74) is 0.407. The van der Waals surface area contributed by atoms with E-state index in [0.29, 0.717) is 42.9 Å². The number of carbonyl (C=O) groups excluding carboxylic acids is 1. The molecule has 1 aromatic carbocycles. The number of ether oxygens (including phenoxy) is 1. The number of benzene rings is 1. The van der Waals surface area contributed by atoms with Crippen molar-refractivity contribution >= 4 is 11.9 Å². The number of halogens is 1. The molecule has 0 bridgehead atoms. The topological polar surface area (TPSA) is 89.5 Å². The zero-order chi connectivity index (χ0) is 26.9. The quantitative estimate of drug-likeness (QED) is 0.378. The van der Waals surface area contributed by atoms with Crippen molar-refractivity contribution in [2.75, 3.05) is 37.7 Å². The van der Waals surface area contributed by atoms with Gasteiger partial charge in [0.2, 0.25) is 5.91 Å². The number of rotatable bonds is 10. The summed E-state index contributed by atoms with van der Waals surface area (Å²) in [6.07, 6.45) is 8.23. The Morgan fingerprint density at radius 3 is 2.74 bits per heavy atom. The van der Waals surface area contributed by atoms with Crippen molar-refractivity contribution in [2.24, 2.45) is 17.8 Å². The second kappa shape index (κ2) is 11.0. The second-order valence-corrected chi connectivity index (χ2v) is 11.6. The molecular weight excluding hydrogens is 499 g/mol. The molecule has 9 nitrogen and oxygen atoms in total. The number of amides is 1. The molecule has 10 heteroatoms. The van der Waals surface area contributed by atoms with Crippen LogP contribution >= 0.6 is 0 Å². The number of hydrogen-bond acceptors (Lipinski definition) is 7. The van der Waals surface area contributed by atoms with Crippen LogP contribution in [0.1, 0.15) is 62.9 Å². The van der Waals surface area contributed by atoms with Crippen LogP contribution in [0.2, 0.25) is 0 Å². The van der Waals surface area contributed by atoms with Crippen LogP contribution in [0, 0.1) is 23.6 Å². The van der Waals surface area contributed by atoms with E-state index in [-0.39, 0.29) is 30.1 Å². The van der Waals surface area contributed by atoms with E-state index >= 15 is 0 Å². The molecule has 3 fully saturated rings. The summed E-state index contributed by atoms with van der Waals surface area (Å²) < 4.78 is 27.9. The third-order valence-electron chi connectivity index (χ3n) is 8.58. The lowest BCUT2D eigenvalue weighted by atomic mass is 9.90. The molecule has 0 N–H and O–H groups in total. The first-order chi connectivity index (χ1) is 18.9. The van der Waals surface area contributed by atoms with Crippen LogP contribution in [0.15, 0.2) is 41.2 Å². The summed E-state index contributed by atoms with van der Waals surface area (Å²) in [7, 11) is 0. The van der Waals surface area contributed by atoms with E-state index in [9.17, 15) is 9.18 Å². The molecule has 1 saturated carbocycles. The molecule has 2 unspecified atom stereocenters. The van der Waals surface area contributed by atoms with Crippen molar-refractivity contribution in [1.82, 2.24) is 24.8 Å². The number of nitrogens with zero attached hydrogens (tertiary/aromatic N) is 6. The summed E-state index contributed by atoms with van der Waals surface area (Å²) in [5, 5.41) is 8.31. The van der Waals surface area contributed by atoms with Crippen LogP contribution in [0.25, 0.3) is 0 Å². The van der Waals surface area contributed by atoms with Gasteiger partial charge in [-0.25, -0.2) is 4.39 Å². The predicted octanol–water partition coefficient (Wildman–Crippen LogP) is 4.48. The molecular formula is C29H37FN6O3. The summed E-state index contributed by atoms with van der Waals surface area (Å²) in [6.45, 7) is 7.87. The predicted molar refractivity (Wildman–Crippen MR) is 143 cm³/mol. The zero-order valence-electron chi connectivity index (χ0n) is 22.7. The molecule has 39 heavy (non-hydrogen) atoms. The minimum Gasteiger partial charge on any atom is -0.493 e. The highest BCUT2D eigenvalue weighted by atomic mass is 19.1. The van der Waals surface area contributed by atoms with Gasteiger partial charge in [-0.2, -0.15) is 10.1 Å². The number of piperidine rings is 1. The molecule has 1 amide bonds. The fraction of sp³-hybridized carbons (Fsp3) is 0.586. The molecule has 6 rings (SSSR count). The standard InChI is InChI=1S/C29H37FN6O3/c1-19(2)28-32-29(39-33-28)34-11-6-20(7-12-34)25-14-21(25)8-13-38-24-5-4-22(26(30)16-24)15-27(37)35-17-23(18-35)36-10-3-9-31-36/h3-5,9-10,16,19-21,23,25H,6-8,11-15,17-18H2,1-2H3. The van der Waals surface area contributed by atoms with Crippen molar-refractivity contribution in [2.45, 2.75) is 57.9 Å². The van der Waals surface area contributed by atoms with Gasteiger partial charge in [0.25, 0.3) is 0 Å². The van der Waals surface area contributed by atoms with E-state index in [2.05, 4.69) is 34.0 Å². The van der Waals surface area contributed by atoms with Crippen LogP contribution in [0.4, 0.5) is 10.4 Å². The number of carbonyl (C=O) groups is 1. The summed E-state index contributed by atoms with van der Waals surface area (Å²) in [6, 6.07) is 7.59. The molecule has 2 atom stereocenters. The molecule has 1 aliphatic carbocycles. The molecule has 0 radical (unpaired) electrons. The highest BCUT2D eigenvalue weighted by molar-refractivity contribution is 5.79. The van der Waals surface area contributed by atoms with Crippen molar-refractivity contribution in [3.8, 4) is 5.75 Å². The van der Waals surface area contributed by atoms with E-state index in [4.69, 9.17) is 9.26 Å². The van der Waals surface area contributed by atoms with Gasteiger partial charge in [-0.1, -0.05) is 25.1 Å². The number of aromatic nitrogens is 4. The summed E-state index contributed by atoms with van der Waals surface area (Å²) >= 11 is 0. The Kier molecular flexibility index (Phi) is 7.27. The van der Waals surface area contributed by atoms with E-state index < -0.39 is 0 Å². The first-order valence-electron chi connectivity index (χ1n) is 14.2. The lowest BCUT2D eigenvalue weighted by Gasteiger charge is -2.39. The highest BCUT2D eigenvalue weighted by Crippen LogP contribution is 2.50. The van der Waals surface area contributed by atoms with Gasteiger partial charge in [0.05, 0.1) is 19.1 Å². The van der Waals surface area contributed by atoms with Crippen LogP contribution in [-0.2, 0) is 11.2 Å². The second-order valence-electron chi connectivity index (χ2n) is 11.6. The maximum atomic E-state index is 14.7. The summed E-state index contributed by atoms with van der Waals surface area (Å²) in [5.74, 6) is 3.28. The number of hydrogen-bond donors (Lipinski definition) is 0. The van der Waals surface area contributed by atoms with Crippen molar-refractivity contribution in [1.29, 1.82) is 0 Å². The van der Waals surface area contributed by atoms with Gasteiger partial charge < -0.3 is 19.1 Å². The average Bonchev–Trinajstić information content (AvgIpc) is 3.26. The van der Waals surface area contributed by atoms with E-state index in [1.54, 1.807) is 23.2 Å². The summed E-state index contributed by atoms with van der Waals surface area (Å²) in [4.78, 5) is 21.1. The molecule has 4 heterocycles. The molecule has 2 aliphatic heterocycles. The van der Waals surface area contributed by atoms with E-state index in [1.807, 2.05) is 16.9 Å². The Morgan fingerprint density at radius 1 is 1.23 bits per heavy atom. The highest BCUT2D eigenvalue weighted by Gasteiger charge is 2.43. The van der Waals surface area contributed by atoms with E-state index in [1.165, 1.54) is 12.5 Å². The fourth-order valence-corrected chi connectivity index (χ4v) is 5.98. The van der Waals surface area contributed by atoms with Crippen molar-refractivity contribution in [3.63, 3.8) is 0 Å². The third-order valence-corrected chi connectivity index (χ3v) is 8.58. The minimum absolute atomic E-state index is 0.0611. The van der Waals surface area contributed by atoms with Crippen LogP contribution in [0.3, 0.4) is 0 Å². The zero-order valence-corrected chi connectivity index (χ0v) is 22.7. The van der Waals surface area contributed by atoms with Gasteiger partial charge in [-0.3, -0.25) is 9.48 Å². The maximum absolute atomic E-state index is 14.7. The first kappa shape index (κ1) is 25.8. The number of likely N-dealkylation sites (tertiary alicyclic amines) is 1. The molecule has 208 valence electrons. The Bertz CT molecular complexity index is 1260. The Balaban J connectivity index is 0.896. The lowest BCUT2D eigenvalue weighted by Crippen LogP contribution is -2.51. The van der Waals surface area contributed by atoms with Crippen LogP contribution < -0.4 is 9.64 Å². The van der Waals surface area contributed by atoms with Gasteiger partial charge >= 0.3 is 6.01 Å². The van der Waals surface area contributed by atoms with Crippen LogP contribution in [0.5, 0.6) is 5.75 Å². The molecule has 3 aliphatic rings. The Labute approximate surface area is 228 Å². The van der Waals surface area contributed by atoms with Gasteiger partial charge in [-0.15, -0.1) is 0 Å². The normalized spacial score (nSPS) is 21.8. The first-order valence-corrected chi connectivity index (χ1v) is 14.2. The van der Waals surface area contributed by atoms with Crippen LogP contribution in [-0.4, -0.2) is 63.5 Å². The van der Waals surface area contributed by atoms with Gasteiger partial charge in [0.1, 0.15) is 11.6 Å². The Hall–Kier alpha value is -3.43. The lowest BCUT2D eigenvalue weighted by molar-refractivity contribution is -0.136. The molecule has 2 saturated heterocycles. The molecule has 2 aromatic heterocycles. The van der Waals surface area contributed by atoms with Gasteiger partial charge in [0, 0.05) is 50.6 Å². The average molecular weight is 537 g/mol. The minimum atomic E-state index is -0.386. The fourth-order valence-electron chi connectivity index (χ4n) is 5.98. The Morgan fingerprint density at radius 2 is 2.05 bits per heavy atom. The number of anilines is 1. The molecule has 0 spiro atoms. The molecule has 3 aromatic rings. The smallest absolute Gasteiger partial charge is 0.324 e.